The summed E-state index contributed by atoms with van der Waals surface area (Å²) >= 11 is 0.792. The third kappa shape index (κ3) is 6.01. The number of carbonyl (C=O) groups is 3. The van der Waals surface area contributed by atoms with Crippen molar-refractivity contribution in [1.82, 2.24) is 4.90 Å². The van der Waals surface area contributed by atoms with E-state index in [1.54, 1.807) is 55.5 Å². The van der Waals surface area contributed by atoms with Crippen LogP contribution in [0.4, 0.5) is 10.5 Å². The average Bonchev–Trinajstić information content (AvgIpc) is 3.17. The molecule has 10 nitrogen and oxygen atoms in total. The van der Waals surface area contributed by atoms with Crippen LogP contribution in [0.3, 0.4) is 0 Å². The summed E-state index contributed by atoms with van der Waals surface area (Å²) in [5.74, 6) is 0.0578. The van der Waals surface area contributed by atoms with Crippen LogP contribution in [0.2, 0.25) is 0 Å². The highest BCUT2D eigenvalue weighted by Gasteiger charge is 2.35. The Morgan fingerprint density at radius 2 is 1.74 bits per heavy atom. The van der Waals surface area contributed by atoms with Gasteiger partial charge in [0.1, 0.15) is 5.75 Å². The summed E-state index contributed by atoms with van der Waals surface area (Å²) in [6.07, 6.45) is 1.55. The Morgan fingerprint density at radius 1 is 1.03 bits per heavy atom. The zero-order valence-electron chi connectivity index (χ0n) is 20.4. The van der Waals surface area contributed by atoms with Gasteiger partial charge in [-0.05, 0) is 72.3 Å². The van der Waals surface area contributed by atoms with E-state index in [2.05, 4.69) is 0 Å². The zero-order valence-corrected chi connectivity index (χ0v) is 21.2. The Bertz CT molecular complexity index is 1420. The van der Waals surface area contributed by atoms with Crippen LogP contribution in [0.25, 0.3) is 6.08 Å². The predicted octanol–water partition coefficient (Wildman–Crippen LogP) is 5.46. The van der Waals surface area contributed by atoms with Crippen molar-refractivity contribution in [2.24, 2.45) is 0 Å². The maximum absolute atomic E-state index is 12.9. The highest BCUT2D eigenvalue weighted by molar-refractivity contribution is 8.18. The molecular weight excluding hydrogens is 512 g/mol. The first-order chi connectivity index (χ1) is 18.3. The third-order valence-electron chi connectivity index (χ3n) is 5.46. The molecule has 0 radical (unpaired) electrons. The Hall–Kier alpha value is -4.64. The van der Waals surface area contributed by atoms with Crippen LogP contribution in [0, 0.1) is 10.1 Å². The van der Waals surface area contributed by atoms with Crippen molar-refractivity contribution < 1.29 is 33.5 Å². The molecule has 0 spiro atoms. The number of nitro groups is 1. The molecule has 11 heteroatoms. The van der Waals surface area contributed by atoms with Crippen molar-refractivity contribution in [1.29, 1.82) is 0 Å². The Morgan fingerprint density at radius 3 is 2.37 bits per heavy atom. The van der Waals surface area contributed by atoms with Gasteiger partial charge >= 0.3 is 5.97 Å². The fraction of sp³-hybridized carbons (Fsp3) is 0.148. The lowest BCUT2D eigenvalue weighted by atomic mass is 10.1. The summed E-state index contributed by atoms with van der Waals surface area (Å²) in [6.45, 7) is 2.08. The van der Waals surface area contributed by atoms with E-state index < -0.39 is 22.0 Å². The molecule has 0 aromatic heterocycles. The molecule has 4 rings (SSSR count). The maximum atomic E-state index is 12.9. The van der Waals surface area contributed by atoms with Crippen LogP contribution in [-0.4, -0.2) is 40.7 Å². The van der Waals surface area contributed by atoms with Gasteiger partial charge in [-0.25, -0.2) is 4.79 Å². The average molecular weight is 535 g/mol. The van der Waals surface area contributed by atoms with Gasteiger partial charge in [0.15, 0.2) is 11.5 Å². The van der Waals surface area contributed by atoms with Crippen LogP contribution in [0.15, 0.2) is 71.6 Å². The van der Waals surface area contributed by atoms with E-state index in [1.165, 1.54) is 31.4 Å². The molecule has 1 aliphatic heterocycles. The molecule has 3 aromatic carbocycles. The summed E-state index contributed by atoms with van der Waals surface area (Å²) < 4.78 is 16.3. The van der Waals surface area contributed by atoms with Gasteiger partial charge in [-0.15, -0.1) is 0 Å². The molecule has 1 aliphatic rings. The van der Waals surface area contributed by atoms with Crippen LogP contribution in [0.1, 0.15) is 28.4 Å². The van der Waals surface area contributed by atoms with Gasteiger partial charge in [0.2, 0.25) is 0 Å². The number of thioether (sulfide) groups is 1. The molecule has 38 heavy (non-hydrogen) atoms. The number of carbonyl (C=O) groups excluding carboxylic acids is 3. The number of ether oxygens (including phenoxy) is 3. The monoisotopic (exact) mass is 534 g/mol. The maximum Gasteiger partial charge on any atom is 0.343 e. The molecule has 0 atom stereocenters. The molecule has 0 N–H and O–H groups in total. The second-order valence-electron chi connectivity index (χ2n) is 7.95. The SMILES string of the molecule is CCOc1cc(/C=C2\SC(=O)N(Cc3ccc([N+](=O)[O-])cc3)C2=O)ccc1OC(=O)c1ccc(OC)cc1. The van der Waals surface area contributed by atoms with Crippen LogP contribution < -0.4 is 14.2 Å². The number of hydrogen-bond donors (Lipinski definition) is 0. The van der Waals surface area contributed by atoms with E-state index in [-0.39, 0.29) is 22.9 Å². The molecule has 1 heterocycles. The number of imide groups is 1. The van der Waals surface area contributed by atoms with E-state index in [0.717, 1.165) is 16.7 Å². The molecule has 2 amide bonds. The lowest BCUT2D eigenvalue weighted by molar-refractivity contribution is -0.384. The van der Waals surface area contributed by atoms with Gasteiger partial charge in [0, 0.05) is 12.1 Å². The molecule has 0 bridgehead atoms. The van der Waals surface area contributed by atoms with Gasteiger partial charge < -0.3 is 14.2 Å². The lowest BCUT2D eigenvalue weighted by Crippen LogP contribution is -2.27. The fourth-order valence-electron chi connectivity index (χ4n) is 3.55. The zero-order chi connectivity index (χ0) is 27.2. The summed E-state index contributed by atoms with van der Waals surface area (Å²) in [5, 5.41) is 10.4. The van der Waals surface area contributed by atoms with Crippen molar-refractivity contribution in [2.45, 2.75) is 13.5 Å². The largest absolute Gasteiger partial charge is 0.497 e. The lowest BCUT2D eigenvalue weighted by Gasteiger charge is -2.12. The first kappa shape index (κ1) is 26.4. The van der Waals surface area contributed by atoms with Gasteiger partial charge in [-0.1, -0.05) is 18.2 Å². The standard InChI is InChI=1S/C27H22N2O8S/c1-3-36-23-14-18(6-13-22(23)37-26(31)19-7-11-21(35-2)12-8-19)15-24-25(30)28(27(32)38-24)16-17-4-9-20(10-5-17)29(33)34/h4-15H,3,16H2,1-2H3/b24-15-. The normalized spacial score (nSPS) is 14.1. The number of benzene rings is 3. The number of esters is 1. The summed E-state index contributed by atoms with van der Waals surface area (Å²) in [5.41, 5.74) is 1.41. The number of amides is 2. The molecule has 0 unspecified atom stereocenters. The van der Waals surface area contributed by atoms with Crippen LogP contribution in [0.5, 0.6) is 17.2 Å². The second-order valence-corrected chi connectivity index (χ2v) is 8.94. The first-order valence-electron chi connectivity index (χ1n) is 11.4. The Balaban J connectivity index is 1.50. The summed E-state index contributed by atoms with van der Waals surface area (Å²) in [7, 11) is 1.53. The molecule has 3 aromatic rings. The van der Waals surface area contributed by atoms with E-state index in [1.807, 2.05) is 0 Å². The topological polar surface area (TPSA) is 125 Å². The fourth-order valence-corrected chi connectivity index (χ4v) is 4.38. The quantitative estimate of drug-likeness (QED) is 0.116. The van der Waals surface area contributed by atoms with Crippen molar-refractivity contribution in [2.75, 3.05) is 13.7 Å². The minimum Gasteiger partial charge on any atom is -0.497 e. The van der Waals surface area contributed by atoms with Crippen LogP contribution in [-0.2, 0) is 11.3 Å². The van der Waals surface area contributed by atoms with Crippen LogP contribution >= 0.6 is 11.8 Å². The number of nitro benzene ring substituents is 1. The van der Waals surface area contributed by atoms with Gasteiger partial charge in [-0.3, -0.25) is 24.6 Å². The molecule has 0 saturated carbocycles. The van der Waals surface area contributed by atoms with Gasteiger partial charge in [-0.2, -0.15) is 0 Å². The highest BCUT2D eigenvalue weighted by atomic mass is 32.2. The molecule has 1 saturated heterocycles. The number of non-ortho nitro benzene ring substituents is 1. The van der Waals surface area contributed by atoms with Crippen molar-refractivity contribution in [3.8, 4) is 17.2 Å². The van der Waals surface area contributed by atoms with Crippen molar-refractivity contribution >= 4 is 40.6 Å². The van der Waals surface area contributed by atoms with E-state index in [9.17, 15) is 24.5 Å². The Labute approximate surface area is 221 Å². The summed E-state index contributed by atoms with van der Waals surface area (Å²) in [6, 6.07) is 16.9. The van der Waals surface area contributed by atoms with Crippen molar-refractivity contribution in [3.05, 3.63) is 98.4 Å². The van der Waals surface area contributed by atoms with E-state index >= 15 is 0 Å². The minimum absolute atomic E-state index is 0.00948. The van der Waals surface area contributed by atoms with Gasteiger partial charge in [0.05, 0.1) is 35.7 Å². The molecular formula is C27H22N2O8S. The van der Waals surface area contributed by atoms with E-state index in [0.29, 0.717) is 34.8 Å². The van der Waals surface area contributed by atoms with E-state index in [4.69, 9.17) is 14.2 Å². The Kier molecular flexibility index (Phi) is 8.07. The number of hydrogen-bond acceptors (Lipinski definition) is 9. The number of nitrogens with zero attached hydrogens (tertiary/aromatic N) is 2. The number of rotatable bonds is 9. The van der Waals surface area contributed by atoms with Gasteiger partial charge in [0.25, 0.3) is 16.8 Å². The predicted molar refractivity (Wildman–Crippen MR) is 140 cm³/mol. The second kappa shape index (κ2) is 11.6. The summed E-state index contributed by atoms with van der Waals surface area (Å²) in [4.78, 5) is 49.6. The third-order valence-corrected chi connectivity index (χ3v) is 6.36. The smallest absolute Gasteiger partial charge is 0.343 e. The minimum atomic E-state index is -0.575. The molecule has 1 fully saturated rings. The number of methoxy groups -OCH3 is 1. The van der Waals surface area contributed by atoms with Crippen molar-refractivity contribution in [3.63, 3.8) is 0 Å². The molecule has 0 aliphatic carbocycles. The first-order valence-corrected chi connectivity index (χ1v) is 12.2. The highest BCUT2D eigenvalue weighted by Crippen LogP contribution is 2.36. The molecule has 194 valence electrons.